The summed E-state index contributed by atoms with van der Waals surface area (Å²) in [6.07, 6.45) is 0.0690. The minimum absolute atomic E-state index is 0.0690. The van der Waals surface area contributed by atoms with E-state index in [-0.39, 0.29) is 18.9 Å². The molecule has 1 aromatic carbocycles. The van der Waals surface area contributed by atoms with Crippen LogP contribution < -0.4 is 10.5 Å². The molecule has 1 rings (SSSR count). The Hall–Kier alpha value is -2.06. The summed E-state index contributed by atoms with van der Waals surface area (Å²) >= 11 is 0. The minimum Gasteiger partial charge on any atom is -0.496 e. The average molecular weight is 248 g/mol. The zero-order valence-electron chi connectivity index (χ0n) is 10.5. The first kappa shape index (κ1) is 14.0. The number of benzene rings is 1. The highest BCUT2D eigenvalue weighted by Gasteiger charge is 2.14. The van der Waals surface area contributed by atoms with Crippen LogP contribution in [-0.4, -0.2) is 19.7 Å². The van der Waals surface area contributed by atoms with Crippen LogP contribution in [0.4, 0.5) is 0 Å². The molecule has 0 fully saturated rings. The van der Waals surface area contributed by atoms with Crippen molar-refractivity contribution < 1.29 is 14.3 Å². The monoisotopic (exact) mass is 248 g/mol. The summed E-state index contributed by atoms with van der Waals surface area (Å²) in [5, 5.41) is 8.94. The van der Waals surface area contributed by atoms with E-state index in [2.05, 4.69) is 0 Å². The number of nitrogens with zero attached hydrogens (tertiary/aromatic N) is 1. The molecular formula is C13H16N2O3. The van der Waals surface area contributed by atoms with Crippen molar-refractivity contribution in [1.29, 1.82) is 5.26 Å². The standard InChI is InChI=1S/C13H16N2O3/c1-3-18-12(16)6-10-4-9(7-14)5-11(8-15)13(10)17-2/h4-5H,3,6,8,15H2,1-2H3. The van der Waals surface area contributed by atoms with E-state index in [9.17, 15) is 4.79 Å². The van der Waals surface area contributed by atoms with E-state index in [4.69, 9.17) is 20.5 Å². The Labute approximate surface area is 106 Å². The first-order valence-electron chi connectivity index (χ1n) is 5.61. The summed E-state index contributed by atoms with van der Waals surface area (Å²) in [5.74, 6) is 0.193. The molecule has 0 atom stereocenters. The van der Waals surface area contributed by atoms with Crippen molar-refractivity contribution in [3.8, 4) is 11.8 Å². The topological polar surface area (TPSA) is 85.3 Å². The molecule has 0 bridgehead atoms. The first-order valence-corrected chi connectivity index (χ1v) is 5.61. The maximum atomic E-state index is 11.5. The molecule has 18 heavy (non-hydrogen) atoms. The Kier molecular flexibility index (Phi) is 5.15. The van der Waals surface area contributed by atoms with Crippen molar-refractivity contribution in [3.05, 3.63) is 28.8 Å². The van der Waals surface area contributed by atoms with E-state index in [1.165, 1.54) is 7.11 Å². The van der Waals surface area contributed by atoms with Crippen LogP contribution in [0.3, 0.4) is 0 Å². The van der Waals surface area contributed by atoms with E-state index in [1.807, 2.05) is 6.07 Å². The molecule has 2 N–H and O–H groups in total. The lowest BCUT2D eigenvalue weighted by molar-refractivity contribution is -0.142. The molecule has 0 aliphatic carbocycles. The van der Waals surface area contributed by atoms with Gasteiger partial charge in [-0.25, -0.2) is 0 Å². The maximum absolute atomic E-state index is 11.5. The second-order valence-electron chi connectivity index (χ2n) is 3.63. The van der Waals surface area contributed by atoms with Gasteiger partial charge in [0.2, 0.25) is 0 Å². The molecule has 0 spiro atoms. The third-order valence-electron chi connectivity index (χ3n) is 2.44. The number of nitriles is 1. The van der Waals surface area contributed by atoms with Gasteiger partial charge in [0, 0.05) is 17.7 Å². The van der Waals surface area contributed by atoms with E-state index >= 15 is 0 Å². The summed E-state index contributed by atoms with van der Waals surface area (Å²) in [6.45, 7) is 2.31. The van der Waals surface area contributed by atoms with Crippen LogP contribution in [0.25, 0.3) is 0 Å². The molecule has 0 heterocycles. The van der Waals surface area contributed by atoms with Gasteiger partial charge in [-0.05, 0) is 19.1 Å². The normalized spacial score (nSPS) is 9.67. The van der Waals surface area contributed by atoms with E-state index in [0.717, 1.165) is 0 Å². The maximum Gasteiger partial charge on any atom is 0.310 e. The number of esters is 1. The highest BCUT2D eigenvalue weighted by atomic mass is 16.5. The molecule has 5 heteroatoms. The van der Waals surface area contributed by atoms with Crippen molar-refractivity contribution >= 4 is 5.97 Å². The Balaban J connectivity index is 3.15. The van der Waals surface area contributed by atoms with Gasteiger partial charge in [0.15, 0.2) is 0 Å². The van der Waals surface area contributed by atoms with Crippen molar-refractivity contribution in [2.24, 2.45) is 5.73 Å². The van der Waals surface area contributed by atoms with Gasteiger partial charge in [-0.2, -0.15) is 5.26 Å². The Bertz CT molecular complexity index is 478. The number of carbonyl (C=O) groups is 1. The van der Waals surface area contributed by atoms with Crippen LogP contribution in [-0.2, 0) is 22.5 Å². The molecule has 0 aromatic heterocycles. The molecule has 0 aliphatic heterocycles. The summed E-state index contributed by atoms with van der Waals surface area (Å²) in [6, 6.07) is 5.32. The summed E-state index contributed by atoms with van der Waals surface area (Å²) in [5.41, 5.74) is 7.38. The SMILES string of the molecule is CCOC(=O)Cc1cc(C#N)cc(CN)c1OC. The predicted octanol–water partition coefficient (Wildman–Crippen LogP) is 1.13. The molecule has 0 aliphatic rings. The zero-order chi connectivity index (χ0) is 13.5. The molecular weight excluding hydrogens is 232 g/mol. The number of ether oxygens (including phenoxy) is 2. The third kappa shape index (κ3) is 3.22. The quantitative estimate of drug-likeness (QED) is 0.789. The number of hydrogen-bond acceptors (Lipinski definition) is 5. The van der Waals surface area contributed by atoms with Gasteiger partial charge < -0.3 is 15.2 Å². The molecule has 0 radical (unpaired) electrons. The van der Waals surface area contributed by atoms with Gasteiger partial charge in [-0.15, -0.1) is 0 Å². The number of hydrogen-bond donors (Lipinski definition) is 1. The highest BCUT2D eigenvalue weighted by Crippen LogP contribution is 2.26. The molecule has 0 unspecified atom stereocenters. The summed E-state index contributed by atoms with van der Waals surface area (Å²) < 4.78 is 10.1. The fourth-order valence-electron chi connectivity index (χ4n) is 1.73. The molecule has 0 amide bonds. The third-order valence-corrected chi connectivity index (χ3v) is 2.44. The number of rotatable bonds is 5. The second-order valence-corrected chi connectivity index (χ2v) is 3.63. The average Bonchev–Trinajstić information content (AvgIpc) is 2.37. The van der Waals surface area contributed by atoms with Crippen LogP contribution in [0.1, 0.15) is 23.6 Å². The number of carbonyl (C=O) groups excluding carboxylic acids is 1. The fourth-order valence-corrected chi connectivity index (χ4v) is 1.73. The van der Waals surface area contributed by atoms with Crippen molar-refractivity contribution in [2.45, 2.75) is 19.9 Å². The van der Waals surface area contributed by atoms with Gasteiger partial charge >= 0.3 is 5.97 Å². The van der Waals surface area contributed by atoms with E-state index in [1.54, 1.807) is 19.1 Å². The van der Waals surface area contributed by atoms with Crippen LogP contribution >= 0.6 is 0 Å². The van der Waals surface area contributed by atoms with Crippen molar-refractivity contribution in [1.82, 2.24) is 0 Å². The van der Waals surface area contributed by atoms with Crippen LogP contribution in [0.2, 0.25) is 0 Å². The fraction of sp³-hybridized carbons (Fsp3) is 0.385. The Morgan fingerprint density at radius 1 is 1.44 bits per heavy atom. The second kappa shape index (κ2) is 6.62. The van der Waals surface area contributed by atoms with Gasteiger partial charge in [0.1, 0.15) is 5.75 Å². The molecule has 0 saturated heterocycles. The number of nitrogens with two attached hydrogens (primary N) is 1. The first-order chi connectivity index (χ1) is 8.65. The molecule has 1 aromatic rings. The van der Waals surface area contributed by atoms with E-state index in [0.29, 0.717) is 29.0 Å². The van der Waals surface area contributed by atoms with Gasteiger partial charge in [-0.3, -0.25) is 4.79 Å². The predicted molar refractivity (Wildman–Crippen MR) is 65.9 cm³/mol. The minimum atomic E-state index is -0.353. The van der Waals surface area contributed by atoms with Crippen molar-refractivity contribution in [2.75, 3.05) is 13.7 Å². The molecule has 5 nitrogen and oxygen atoms in total. The number of methoxy groups -OCH3 is 1. The Morgan fingerprint density at radius 2 is 2.11 bits per heavy atom. The lowest BCUT2D eigenvalue weighted by atomic mass is 10.0. The lowest BCUT2D eigenvalue weighted by Crippen LogP contribution is -2.10. The van der Waals surface area contributed by atoms with Gasteiger partial charge in [0.25, 0.3) is 0 Å². The Morgan fingerprint density at radius 3 is 2.61 bits per heavy atom. The van der Waals surface area contributed by atoms with Crippen LogP contribution in [0.15, 0.2) is 12.1 Å². The van der Waals surface area contributed by atoms with Crippen LogP contribution in [0, 0.1) is 11.3 Å². The van der Waals surface area contributed by atoms with E-state index < -0.39 is 0 Å². The van der Waals surface area contributed by atoms with Gasteiger partial charge in [-0.1, -0.05) is 0 Å². The highest BCUT2D eigenvalue weighted by molar-refractivity contribution is 5.74. The molecule has 96 valence electrons. The van der Waals surface area contributed by atoms with Crippen LogP contribution in [0.5, 0.6) is 5.75 Å². The summed E-state index contributed by atoms with van der Waals surface area (Å²) in [7, 11) is 1.51. The van der Waals surface area contributed by atoms with Crippen molar-refractivity contribution in [3.63, 3.8) is 0 Å². The summed E-state index contributed by atoms with van der Waals surface area (Å²) in [4.78, 5) is 11.5. The largest absolute Gasteiger partial charge is 0.496 e. The van der Waals surface area contributed by atoms with Gasteiger partial charge in [0.05, 0.1) is 31.8 Å². The smallest absolute Gasteiger partial charge is 0.310 e. The zero-order valence-corrected chi connectivity index (χ0v) is 10.5. The molecule has 0 saturated carbocycles. The lowest BCUT2D eigenvalue weighted by Gasteiger charge is -2.13.